The van der Waals surface area contributed by atoms with E-state index in [0.717, 1.165) is 22.8 Å². The molecular weight excluding hydrogens is 254 g/mol. The molecule has 1 heterocycles. The first-order chi connectivity index (χ1) is 9.52. The van der Waals surface area contributed by atoms with Crippen LogP contribution in [0.2, 0.25) is 0 Å². The quantitative estimate of drug-likeness (QED) is 0.859. The summed E-state index contributed by atoms with van der Waals surface area (Å²) in [4.78, 5) is 11.7. The van der Waals surface area contributed by atoms with Crippen molar-refractivity contribution in [2.75, 3.05) is 12.4 Å². The van der Waals surface area contributed by atoms with E-state index in [-0.39, 0.29) is 12.0 Å². The van der Waals surface area contributed by atoms with Crippen LogP contribution in [0.25, 0.3) is 0 Å². The van der Waals surface area contributed by atoms with Crippen molar-refractivity contribution in [3.8, 4) is 0 Å². The molecule has 1 N–H and O–H groups in total. The van der Waals surface area contributed by atoms with Gasteiger partial charge >= 0.3 is 5.97 Å². The molecule has 0 aliphatic heterocycles. The topological polar surface area (TPSA) is 51.5 Å². The van der Waals surface area contributed by atoms with Crippen LogP contribution in [0.3, 0.4) is 0 Å². The monoisotopic (exact) mass is 273 g/mol. The summed E-state index contributed by atoms with van der Waals surface area (Å²) in [6, 6.07) is 9.36. The Kier molecular flexibility index (Phi) is 4.13. The van der Waals surface area contributed by atoms with Gasteiger partial charge in [0.05, 0.1) is 18.7 Å². The van der Waals surface area contributed by atoms with Gasteiger partial charge in [-0.3, -0.25) is 0 Å². The highest BCUT2D eigenvalue weighted by Crippen LogP contribution is 2.26. The van der Waals surface area contributed by atoms with E-state index in [9.17, 15) is 4.79 Å². The Balaban J connectivity index is 2.26. The summed E-state index contributed by atoms with van der Waals surface area (Å²) in [6.45, 7) is 5.89. The molecule has 1 aromatic carbocycles. The highest BCUT2D eigenvalue weighted by molar-refractivity contribution is 5.95. The van der Waals surface area contributed by atoms with Gasteiger partial charge in [-0.2, -0.15) is 0 Å². The molecule has 2 rings (SSSR count). The SMILES string of the molecule is COC(=O)c1ccccc1NC(C)c1cc(C)oc1C. The number of furan rings is 1. The Hall–Kier alpha value is -2.23. The number of hydrogen-bond donors (Lipinski definition) is 1. The van der Waals surface area contributed by atoms with E-state index in [1.54, 1.807) is 6.07 Å². The van der Waals surface area contributed by atoms with E-state index >= 15 is 0 Å². The maximum Gasteiger partial charge on any atom is 0.339 e. The highest BCUT2D eigenvalue weighted by Gasteiger charge is 2.16. The Morgan fingerprint density at radius 3 is 2.60 bits per heavy atom. The van der Waals surface area contributed by atoms with Crippen LogP contribution in [0.15, 0.2) is 34.7 Å². The number of aryl methyl sites for hydroxylation is 2. The molecule has 0 aliphatic carbocycles. The van der Waals surface area contributed by atoms with Gasteiger partial charge in [0.25, 0.3) is 0 Å². The Morgan fingerprint density at radius 1 is 1.30 bits per heavy atom. The molecule has 0 saturated carbocycles. The second-order valence-electron chi connectivity index (χ2n) is 4.77. The van der Waals surface area contributed by atoms with Crippen LogP contribution in [0.5, 0.6) is 0 Å². The van der Waals surface area contributed by atoms with E-state index in [1.165, 1.54) is 7.11 Å². The number of benzene rings is 1. The molecule has 2 aromatic rings. The van der Waals surface area contributed by atoms with Crippen LogP contribution < -0.4 is 5.32 Å². The Bertz CT molecular complexity index is 616. The van der Waals surface area contributed by atoms with Gasteiger partial charge in [-0.15, -0.1) is 0 Å². The standard InChI is InChI=1S/C16H19NO3/c1-10-9-14(12(3)20-10)11(2)17-15-8-6-5-7-13(15)16(18)19-4/h5-9,11,17H,1-4H3. The number of anilines is 1. The lowest BCUT2D eigenvalue weighted by atomic mass is 10.1. The van der Waals surface area contributed by atoms with Gasteiger partial charge in [-0.25, -0.2) is 4.79 Å². The molecule has 0 spiro atoms. The zero-order valence-corrected chi connectivity index (χ0v) is 12.2. The summed E-state index contributed by atoms with van der Waals surface area (Å²) in [7, 11) is 1.38. The molecule has 0 bridgehead atoms. The molecule has 0 fully saturated rings. The molecule has 0 aliphatic rings. The lowest BCUT2D eigenvalue weighted by Crippen LogP contribution is -2.11. The second kappa shape index (κ2) is 5.82. The highest BCUT2D eigenvalue weighted by atomic mass is 16.5. The smallest absolute Gasteiger partial charge is 0.339 e. The van der Waals surface area contributed by atoms with Gasteiger partial charge in [0.15, 0.2) is 0 Å². The minimum Gasteiger partial charge on any atom is -0.466 e. The minimum atomic E-state index is -0.347. The fourth-order valence-electron chi connectivity index (χ4n) is 2.29. The number of methoxy groups -OCH3 is 1. The minimum absolute atomic E-state index is 0.0401. The van der Waals surface area contributed by atoms with Crippen molar-refractivity contribution in [3.63, 3.8) is 0 Å². The van der Waals surface area contributed by atoms with E-state index in [4.69, 9.17) is 9.15 Å². The summed E-state index contributed by atoms with van der Waals surface area (Å²) < 4.78 is 10.3. The summed E-state index contributed by atoms with van der Waals surface area (Å²) in [5.41, 5.74) is 2.37. The maximum absolute atomic E-state index is 11.7. The summed E-state index contributed by atoms with van der Waals surface area (Å²) >= 11 is 0. The third-order valence-electron chi connectivity index (χ3n) is 3.25. The second-order valence-corrected chi connectivity index (χ2v) is 4.77. The number of nitrogens with one attached hydrogen (secondary N) is 1. The van der Waals surface area contributed by atoms with Gasteiger partial charge in [0.2, 0.25) is 0 Å². The van der Waals surface area contributed by atoms with Crippen molar-refractivity contribution in [1.29, 1.82) is 0 Å². The molecule has 1 atom stereocenters. The van der Waals surface area contributed by atoms with Crippen LogP contribution in [0.1, 0.15) is 40.4 Å². The van der Waals surface area contributed by atoms with Gasteiger partial charge in [-0.1, -0.05) is 12.1 Å². The molecule has 4 nitrogen and oxygen atoms in total. The Labute approximate surface area is 118 Å². The van der Waals surface area contributed by atoms with Crippen molar-refractivity contribution in [2.24, 2.45) is 0 Å². The number of esters is 1. The van der Waals surface area contributed by atoms with E-state index < -0.39 is 0 Å². The summed E-state index contributed by atoms with van der Waals surface area (Å²) in [5.74, 6) is 1.42. The van der Waals surface area contributed by atoms with Crippen LogP contribution in [0.4, 0.5) is 5.69 Å². The van der Waals surface area contributed by atoms with Crippen LogP contribution in [-0.4, -0.2) is 13.1 Å². The number of rotatable bonds is 4. The van der Waals surface area contributed by atoms with Crippen molar-refractivity contribution in [1.82, 2.24) is 0 Å². The van der Waals surface area contributed by atoms with Crippen LogP contribution in [0, 0.1) is 13.8 Å². The first-order valence-corrected chi connectivity index (χ1v) is 6.53. The lowest BCUT2D eigenvalue weighted by Gasteiger charge is -2.17. The van der Waals surface area contributed by atoms with Crippen LogP contribution in [-0.2, 0) is 4.74 Å². The Morgan fingerprint density at radius 2 is 2.00 bits per heavy atom. The molecule has 0 amide bonds. The number of ether oxygens (including phenoxy) is 1. The van der Waals surface area contributed by atoms with E-state index in [1.807, 2.05) is 45.0 Å². The molecule has 0 saturated heterocycles. The molecular formula is C16H19NO3. The van der Waals surface area contributed by atoms with Crippen molar-refractivity contribution >= 4 is 11.7 Å². The fraction of sp³-hybridized carbons (Fsp3) is 0.312. The number of hydrogen-bond acceptors (Lipinski definition) is 4. The van der Waals surface area contributed by atoms with Gasteiger partial charge in [-0.05, 0) is 39.0 Å². The van der Waals surface area contributed by atoms with Crippen LogP contribution >= 0.6 is 0 Å². The van der Waals surface area contributed by atoms with Crippen molar-refractivity contribution in [2.45, 2.75) is 26.8 Å². The van der Waals surface area contributed by atoms with Gasteiger partial charge < -0.3 is 14.5 Å². The number of carbonyl (C=O) groups excluding carboxylic acids is 1. The summed E-state index contributed by atoms with van der Waals surface area (Å²) in [5, 5.41) is 3.34. The lowest BCUT2D eigenvalue weighted by molar-refractivity contribution is 0.0602. The molecule has 4 heteroatoms. The predicted molar refractivity (Wildman–Crippen MR) is 78.0 cm³/mol. The normalized spacial score (nSPS) is 12.0. The van der Waals surface area contributed by atoms with Crippen molar-refractivity contribution < 1.29 is 13.9 Å². The summed E-state index contributed by atoms with van der Waals surface area (Å²) in [6.07, 6.45) is 0. The third kappa shape index (κ3) is 2.85. The maximum atomic E-state index is 11.7. The largest absolute Gasteiger partial charge is 0.466 e. The molecule has 1 unspecified atom stereocenters. The third-order valence-corrected chi connectivity index (χ3v) is 3.25. The fourth-order valence-corrected chi connectivity index (χ4v) is 2.29. The average molecular weight is 273 g/mol. The number of para-hydroxylation sites is 1. The zero-order chi connectivity index (χ0) is 14.7. The first-order valence-electron chi connectivity index (χ1n) is 6.53. The molecule has 1 aromatic heterocycles. The van der Waals surface area contributed by atoms with Gasteiger partial charge in [0.1, 0.15) is 11.5 Å². The first kappa shape index (κ1) is 14.2. The molecule has 0 radical (unpaired) electrons. The van der Waals surface area contributed by atoms with E-state index in [2.05, 4.69) is 5.32 Å². The number of carbonyl (C=O) groups is 1. The molecule has 20 heavy (non-hydrogen) atoms. The molecule has 106 valence electrons. The van der Waals surface area contributed by atoms with Crippen molar-refractivity contribution in [3.05, 3.63) is 53.0 Å². The van der Waals surface area contributed by atoms with Gasteiger partial charge in [0, 0.05) is 11.3 Å². The van der Waals surface area contributed by atoms with E-state index in [0.29, 0.717) is 5.56 Å². The average Bonchev–Trinajstić information content (AvgIpc) is 2.77. The predicted octanol–water partition coefficient (Wildman–Crippen LogP) is 3.86. The zero-order valence-electron chi connectivity index (χ0n) is 12.2.